The number of fused-ring (bicyclic) bond motifs is 1. The van der Waals surface area contributed by atoms with Gasteiger partial charge < -0.3 is 4.74 Å². The van der Waals surface area contributed by atoms with Crippen LogP contribution in [0.25, 0.3) is 21.9 Å². The van der Waals surface area contributed by atoms with Gasteiger partial charge in [0.2, 0.25) is 0 Å². The molecule has 4 rings (SSSR count). The third-order valence-corrected chi connectivity index (χ3v) is 5.61. The van der Waals surface area contributed by atoms with Gasteiger partial charge in [-0.05, 0) is 29.5 Å². The fourth-order valence-electron chi connectivity index (χ4n) is 3.86. The summed E-state index contributed by atoms with van der Waals surface area (Å²) in [5.41, 5.74) is -3.48. The molecule has 4 aromatic carbocycles. The van der Waals surface area contributed by atoms with Crippen molar-refractivity contribution in [2.75, 3.05) is 0 Å². The topological polar surface area (TPSA) is 9.23 Å². The molecule has 11 heteroatoms. The zero-order chi connectivity index (χ0) is 27.2. The van der Waals surface area contributed by atoms with E-state index in [1.54, 1.807) is 6.92 Å². The van der Waals surface area contributed by atoms with Gasteiger partial charge in [0.1, 0.15) is 17.1 Å². The number of alkyl halides is 2. The first-order valence-corrected chi connectivity index (χ1v) is 10.7. The Morgan fingerprint density at radius 1 is 0.649 bits per heavy atom. The number of benzene rings is 4. The second-order valence-corrected chi connectivity index (χ2v) is 8.05. The van der Waals surface area contributed by atoms with Crippen molar-refractivity contribution in [2.45, 2.75) is 25.9 Å². The molecule has 0 N–H and O–H groups in total. The van der Waals surface area contributed by atoms with E-state index in [-0.39, 0.29) is 35.6 Å². The summed E-state index contributed by atoms with van der Waals surface area (Å²) in [7, 11) is 0. The number of halogens is 10. The molecule has 0 atom stereocenters. The van der Waals surface area contributed by atoms with Crippen LogP contribution < -0.4 is 4.74 Å². The lowest BCUT2D eigenvalue weighted by atomic mass is 9.96. The van der Waals surface area contributed by atoms with E-state index in [0.717, 1.165) is 6.07 Å². The van der Waals surface area contributed by atoms with Gasteiger partial charge in [0.05, 0.1) is 5.39 Å². The maximum atomic E-state index is 14.9. The highest BCUT2D eigenvalue weighted by atomic mass is 19.3. The second kappa shape index (κ2) is 9.60. The number of aryl methyl sites for hydroxylation is 1. The molecule has 0 aromatic heterocycles. The SMILES string of the molecule is CCCc1ccc2cc(-c3ccc(C(F)(F)Oc4cc(F)c(F)c(F)c4)c(F)c3F)c(F)c(F)c2c1F. The summed E-state index contributed by atoms with van der Waals surface area (Å²) in [5.74, 6) is -15.7. The molecule has 0 heterocycles. The van der Waals surface area contributed by atoms with Crippen molar-refractivity contribution in [3.8, 4) is 16.9 Å². The van der Waals surface area contributed by atoms with Crippen molar-refractivity contribution in [1.29, 1.82) is 0 Å². The minimum absolute atomic E-state index is 0.0627. The molecule has 1 nitrogen and oxygen atoms in total. The maximum absolute atomic E-state index is 14.9. The molecule has 0 fully saturated rings. The maximum Gasteiger partial charge on any atom is 0.429 e. The van der Waals surface area contributed by atoms with Crippen molar-refractivity contribution in [3.05, 3.63) is 100 Å². The van der Waals surface area contributed by atoms with Crippen LogP contribution in [0.1, 0.15) is 24.5 Å². The molecule has 0 unspecified atom stereocenters. The van der Waals surface area contributed by atoms with Gasteiger partial charge in [-0.1, -0.05) is 31.5 Å². The molecular formula is C26H14F10O. The molecule has 0 bridgehead atoms. The van der Waals surface area contributed by atoms with Crippen LogP contribution in [0.15, 0.2) is 42.5 Å². The van der Waals surface area contributed by atoms with Crippen molar-refractivity contribution in [2.24, 2.45) is 0 Å². The fourth-order valence-corrected chi connectivity index (χ4v) is 3.86. The molecule has 0 aliphatic heterocycles. The van der Waals surface area contributed by atoms with E-state index < -0.39 is 80.5 Å². The monoisotopic (exact) mass is 532 g/mol. The first-order valence-electron chi connectivity index (χ1n) is 10.7. The Hall–Kier alpha value is -3.76. The van der Waals surface area contributed by atoms with Gasteiger partial charge in [0, 0.05) is 23.3 Å². The minimum Gasteiger partial charge on any atom is -0.429 e. The smallest absolute Gasteiger partial charge is 0.429 e. The number of hydrogen-bond acceptors (Lipinski definition) is 1. The Balaban J connectivity index is 1.79. The number of rotatable bonds is 6. The number of ether oxygens (including phenoxy) is 1. The van der Waals surface area contributed by atoms with Crippen LogP contribution in [0, 0.1) is 46.5 Å². The summed E-state index contributed by atoms with van der Waals surface area (Å²) in [6, 6.07) is 4.32. The predicted molar refractivity (Wildman–Crippen MR) is 114 cm³/mol. The molecule has 0 aliphatic rings. The van der Waals surface area contributed by atoms with E-state index in [1.165, 1.54) is 12.1 Å². The molecule has 0 aliphatic carbocycles. The zero-order valence-corrected chi connectivity index (χ0v) is 18.6. The van der Waals surface area contributed by atoms with E-state index in [1.807, 2.05) is 0 Å². The Labute approximate surface area is 202 Å². The van der Waals surface area contributed by atoms with Crippen LogP contribution in [-0.4, -0.2) is 0 Å². The van der Waals surface area contributed by atoms with E-state index in [4.69, 9.17) is 0 Å². The Morgan fingerprint density at radius 2 is 1.27 bits per heavy atom. The summed E-state index contributed by atoms with van der Waals surface area (Å²) >= 11 is 0. The first-order chi connectivity index (χ1) is 17.4. The number of hydrogen-bond donors (Lipinski definition) is 0. The van der Waals surface area contributed by atoms with Crippen LogP contribution in [0.4, 0.5) is 43.9 Å². The van der Waals surface area contributed by atoms with Crippen LogP contribution in [0.2, 0.25) is 0 Å². The molecule has 37 heavy (non-hydrogen) atoms. The summed E-state index contributed by atoms with van der Waals surface area (Å²) in [5, 5.41) is -0.896. The van der Waals surface area contributed by atoms with E-state index in [2.05, 4.69) is 4.74 Å². The molecule has 4 aromatic rings. The third kappa shape index (κ3) is 4.58. The average molecular weight is 532 g/mol. The van der Waals surface area contributed by atoms with Crippen LogP contribution in [0.3, 0.4) is 0 Å². The van der Waals surface area contributed by atoms with Gasteiger partial charge in [0.25, 0.3) is 0 Å². The molecule has 194 valence electrons. The predicted octanol–water partition coefficient (Wildman–Crippen LogP) is 8.70. The summed E-state index contributed by atoms with van der Waals surface area (Å²) in [4.78, 5) is 0. The first kappa shape index (κ1) is 26.3. The Bertz CT molecular complexity index is 1510. The average Bonchev–Trinajstić information content (AvgIpc) is 2.83. The lowest BCUT2D eigenvalue weighted by Gasteiger charge is -2.20. The Morgan fingerprint density at radius 3 is 1.89 bits per heavy atom. The molecule has 0 saturated heterocycles. The van der Waals surface area contributed by atoms with Crippen molar-refractivity contribution >= 4 is 10.8 Å². The van der Waals surface area contributed by atoms with Crippen LogP contribution >= 0.6 is 0 Å². The fraction of sp³-hybridized carbons (Fsp3) is 0.154. The van der Waals surface area contributed by atoms with E-state index in [9.17, 15) is 43.9 Å². The van der Waals surface area contributed by atoms with Gasteiger partial charge in [-0.15, -0.1) is 0 Å². The molecule has 0 saturated carbocycles. The highest BCUT2D eigenvalue weighted by Gasteiger charge is 2.40. The second-order valence-electron chi connectivity index (χ2n) is 8.05. The van der Waals surface area contributed by atoms with Crippen LogP contribution in [-0.2, 0) is 12.5 Å². The Kier molecular flexibility index (Phi) is 6.83. The van der Waals surface area contributed by atoms with E-state index in [0.29, 0.717) is 12.5 Å². The van der Waals surface area contributed by atoms with Gasteiger partial charge in [-0.2, -0.15) is 8.78 Å². The molecule has 0 amide bonds. The van der Waals surface area contributed by atoms with Crippen molar-refractivity contribution < 1.29 is 48.6 Å². The lowest BCUT2D eigenvalue weighted by molar-refractivity contribution is -0.187. The standard InChI is InChI=1S/C26H14F10O/c1-2-3-11-4-5-12-8-15(22(31)25(34)19(12)20(11)29)14-6-7-16(23(32)21(14)30)26(35,36)37-13-9-17(27)24(33)18(28)10-13/h4-10H,2-3H2,1H3. The van der Waals surface area contributed by atoms with Crippen molar-refractivity contribution in [3.63, 3.8) is 0 Å². The highest BCUT2D eigenvalue weighted by Crippen LogP contribution is 2.39. The normalized spacial score (nSPS) is 11.9. The van der Waals surface area contributed by atoms with Gasteiger partial charge in [0.15, 0.2) is 40.7 Å². The quantitative estimate of drug-likeness (QED) is 0.178. The lowest BCUT2D eigenvalue weighted by Crippen LogP contribution is -2.24. The summed E-state index contributed by atoms with van der Waals surface area (Å²) in [6.07, 6.45) is -3.98. The largest absolute Gasteiger partial charge is 0.429 e. The highest BCUT2D eigenvalue weighted by molar-refractivity contribution is 5.89. The molecular weight excluding hydrogens is 518 g/mol. The van der Waals surface area contributed by atoms with E-state index >= 15 is 0 Å². The van der Waals surface area contributed by atoms with Crippen LogP contribution in [0.5, 0.6) is 5.75 Å². The third-order valence-electron chi connectivity index (χ3n) is 5.61. The zero-order valence-electron chi connectivity index (χ0n) is 18.6. The van der Waals surface area contributed by atoms with Gasteiger partial charge >= 0.3 is 6.11 Å². The minimum atomic E-state index is -4.73. The van der Waals surface area contributed by atoms with Gasteiger partial charge in [-0.25, -0.2) is 35.1 Å². The molecule has 0 spiro atoms. The summed E-state index contributed by atoms with van der Waals surface area (Å²) < 4.78 is 147. The molecule has 0 radical (unpaired) electrons. The van der Waals surface area contributed by atoms with Gasteiger partial charge in [-0.3, -0.25) is 0 Å². The van der Waals surface area contributed by atoms with Crippen molar-refractivity contribution in [1.82, 2.24) is 0 Å². The summed E-state index contributed by atoms with van der Waals surface area (Å²) in [6.45, 7) is 1.75.